The topological polar surface area (TPSA) is 86.8 Å². The summed E-state index contributed by atoms with van der Waals surface area (Å²) in [6.07, 6.45) is 1.38. The second-order valence-electron chi connectivity index (χ2n) is 2.09. The number of imidazole rings is 1. The van der Waals surface area contributed by atoms with Crippen molar-refractivity contribution in [1.82, 2.24) is 19.9 Å². The highest BCUT2D eigenvalue weighted by Gasteiger charge is 2.03. The molecular weight excluding hydrogens is 177 g/mol. The Labute approximate surface area is 69.7 Å². The fourth-order valence-corrected chi connectivity index (χ4v) is 0.973. The standard InChI is InChI=1S/C5H4N5OP/c11-4-2-3(7-1-6-2)8-5(9-4)10-12/h1,12H,(H2,6,7,8,9,11)/i12T. The number of H-pyrrole nitrogens is 2. The molecule has 0 amide bonds. The van der Waals surface area contributed by atoms with E-state index in [-0.39, 0.29) is 20.5 Å². The largest absolute Gasteiger partial charge is 0.339 e. The number of nitrogens with one attached hydrogen (secondary N) is 2. The zero-order chi connectivity index (χ0) is 9.26. The summed E-state index contributed by atoms with van der Waals surface area (Å²) in [7, 11) is 0.0478. The molecule has 2 heterocycles. The van der Waals surface area contributed by atoms with Gasteiger partial charge in [-0.25, -0.2) is 4.98 Å². The van der Waals surface area contributed by atoms with Crippen LogP contribution in [0.15, 0.2) is 15.9 Å². The molecule has 0 aromatic carbocycles. The Morgan fingerprint density at radius 3 is 3.50 bits per heavy atom. The Kier molecular flexibility index (Phi) is 1.25. The Morgan fingerprint density at radius 1 is 1.75 bits per heavy atom. The van der Waals surface area contributed by atoms with Crippen molar-refractivity contribution in [1.29, 1.82) is 1.28 Å². The lowest BCUT2D eigenvalue weighted by Crippen LogP contribution is -2.06. The van der Waals surface area contributed by atoms with Crippen molar-refractivity contribution in [3.05, 3.63) is 16.7 Å². The fourth-order valence-electron chi connectivity index (χ4n) is 0.879. The highest BCUT2D eigenvalue weighted by molar-refractivity contribution is 7.04. The van der Waals surface area contributed by atoms with E-state index in [2.05, 4.69) is 24.7 Å². The van der Waals surface area contributed by atoms with E-state index >= 15 is 0 Å². The molecule has 0 aliphatic rings. The summed E-state index contributed by atoms with van der Waals surface area (Å²) >= 11 is 0. The van der Waals surface area contributed by atoms with Crippen molar-refractivity contribution in [3.63, 3.8) is 0 Å². The van der Waals surface area contributed by atoms with Crippen LogP contribution in [-0.4, -0.2) is 21.2 Å². The van der Waals surface area contributed by atoms with Crippen molar-refractivity contribution in [3.8, 4) is 0 Å². The molecule has 0 unspecified atom stereocenters. The van der Waals surface area contributed by atoms with Crippen molar-refractivity contribution in [2.24, 2.45) is 4.74 Å². The number of aromatic amines is 2. The van der Waals surface area contributed by atoms with E-state index in [4.69, 9.17) is 1.28 Å². The van der Waals surface area contributed by atoms with E-state index in [0.717, 1.165) is 0 Å². The minimum atomic E-state index is -0.329. The summed E-state index contributed by atoms with van der Waals surface area (Å²) in [6, 6.07) is 0. The zero-order valence-electron chi connectivity index (χ0n) is 6.77. The molecule has 0 radical (unpaired) electrons. The van der Waals surface area contributed by atoms with Crippen LogP contribution in [0.25, 0.3) is 11.2 Å². The predicted molar refractivity (Wildman–Crippen MR) is 44.9 cm³/mol. The van der Waals surface area contributed by atoms with Crippen LogP contribution in [0.3, 0.4) is 0 Å². The summed E-state index contributed by atoms with van der Waals surface area (Å²) in [6.45, 7) is 0. The van der Waals surface area contributed by atoms with E-state index in [1.165, 1.54) is 6.33 Å². The molecule has 0 fully saturated rings. The van der Waals surface area contributed by atoms with Gasteiger partial charge in [-0.1, -0.05) is 0 Å². The molecule has 0 atom stereocenters. The smallest absolute Gasteiger partial charge is 0.278 e. The number of fused-ring (bicyclic) bond motifs is 1. The second kappa shape index (κ2) is 2.49. The van der Waals surface area contributed by atoms with Gasteiger partial charge < -0.3 is 4.98 Å². The molecular formula is C5H4N5OP. The maximum Gasteiger partial charge on any atom is 0.278 e. The van der Waals surface area contributed by atoms with Gasteiger partial charge in [0.25, 0.3) is 5.56 Å². The molecule has 0 aliphatic carbocycles. The minimum absolute atomic E-state index is 0.0478. The molecule has 0 saturated carbocycles. The highest BCUT2D eigenvalue weighted by Crippen LogP contribution is 2.05. The van der Waals surface area contributed by atoms with Crippen LogP contribution in [0.2, 0.25) is 0 Å². The van der Waals surface area contributed by atoms with Gasteiger partial charge in [0.15, 0.2) is 11.2 Å². The number of aromatic nitrogens is 4. The summed E-state index contributed by atoms with van der Waals surface area (Å²) in [5, 5.41) is 0. The first-order valence-electron chi connectivity index (χ1n) is 3.54. The molecule has 60 valence electrons. The van der Waals surface area contributed by atoms with Crippen LogP contribution in [0.1, 0.15) is 0 Å². The van der Waals surface area contributed by atoms with Gasteiger partial charge in [0.2, 0.25) is 5.95 Å². The first-order valence-corrected chi connectivity index (χ1v) is 3.50. The van der Waals surface area contributed by atoms with Gasteiger partial charge in [0, 0.05) is 0 Å². The molecule has 6 nitrogen and oxygen atoms in total. The van der Waals surface area contributed by atoms with E-state index in [9.17, 15) is 4.79 Å². The fraction of sp³-hybridized carbons (Fsp3) is 0. The highest BCUT2D eigenvalue weighted by atomic mass is 31.0. The molecule has 2 aromatic heterocycles. The van der Waals surface area contributed by atoms with Crippen LogP contribution in [0.4, 0.5) is 5.95 Å². The SMILES string of the molecule is [3H]P=Nc1nc2nc[nH]c2c(=O)[nH]1. The van der Waals surface area contributed by atoms with Crippen LogP contribution in [-0.2, 0) is 0 Å². The lowest BCUT2D eigenvalue weighted by molar-refractivity contribution is 1.14. The van der Waals surface area contributed by atoms with E-state index < -0.39 is 0 Å². The van der Waals surface area contributed by atoms with Gasteiger partial charge >= 0.3 is 0 Å². The van der Waals surface area contributed by atoms with Gasteiger partial charge in [0.05, 0.1) is 6.33 Å². The monoisotopic (exact) mass is 183 g/mol. The summed E-state index contributed by atoms with van der Waals surface area (Å²) in [4.78, 5) is 24.0. The molecule has 2 N–H and O–H groups in total. The van der Waals surface area contributed by atoms with Gasteiger partial charge in [-0.05, 0) is 8.98 Å². The first-order chi connectivity index (χ1) is 6.31. The Bertz CT molecular complexity index is 517. The van der Waals surface area contributed by atoms with E-state index in [0.29, 0.717) is 11.2 Å². The second-order valence-corrected chi connectivity index (χ2v) is 2.29. The Morgan fingerprint density at radius 2 is 2.67 bits per heavy atom. The number of rotatable bonds is 1. The van der Waals surface area contributed by atoms with Crippen LogP contribution >= 0.6 is 8.98 Å². The minimum Gasteiger partial charge on any atom is -0.339 e. The maximum atomic E-state index is 11.2. The average Bonchev–Trinajstić information content (AvgIpc) is 2.53. The normalized spacial score (nSPS) is 12.5. The Hall–Kier alpha value is -1.55. The third kappa shape index (κ3) is 0.931. The number of hydrogen-bond acceptors (Lipinski definition) is 4. The molecule has 12 heavy (non-hydrogen) atoms. The molecule has 0 bridgehead atoms. The Balaban J connectivity index is 2.77. The summed E-state index contributed by atoms with van der Waals surface area (Å²) in [5.74, 6) is 0.126. The van der Waals surface area contributed by atoms with Crippen LogP contribution < -0.4 is 5.56 Å². The lowest BCUT2D eigenvalue weighted by Gasteiger charge is -1.89. The molecule has 2 rings (SSSR count). The summed E-state index contributed by atoms with van der Waals surface area (Å²) < 4.78 is 10.4. The van der Waals surface area contributed by atoms with Crippen LogP contribution in [0, 0.1) is 0 Å². The first kappa shape index (κ1) is 6.02. The molecule has 0 spiro atoms. The zero-order valence-corrected chi connectivity index (χ0v) is 6.67. The predicted octanol–water partition coefficient (Wildman–Crippen LogP) is 0.604. The quantitative estimate of drug-likeness (QED) is 0.634. The van der Waals surface area contributed by atoms with Gasteiger partial charge in [0.1, 0.15) is 1.28 Å². The number of nitrogens with zero attached hydrogens (tertiary/aromatic N) is 3. The van der Waals surface area contributed by atoms with Gasteiger partial charge in [-0.15, -0.1) is 0 Å². The molecule has 7 heteroatoms. The van der Waals surface area contributed by atoms with Gasteiger partial charge in [-0.3, -0.25) is 9.78 Å². The summed E-state index contributed by atoms with van der Waals surface area (Å²) in [5.41, 5.74) is 0.302. The van der Waals surface area contributed by atoms with Crippen molar-refractivity contribution >= 4 is 26.1 Å². The molecule has 2 aromatic rings. The van der Waals surface area contributed by atoms with E-state index in [1.807, 2.05) is 0 Å². The third-order valence-electron chi connectivity index (χ3n) is 1.38. The van der Waals surface area contributed by atoms with E-state index in [1.54, 1.807) is 0 Å². The van der Waals surface area contributed by atoms with Crippen molar-refractivity contribution in [2.45, 2.75) is 0 Å². The lowest BCUT2D eigenvalue weighted by atomic mass is 10.5. The average molecular weight is 183 g/mol. The van der Waals surface area contributed by atoms with Gasteiger partial charge in [-0.2, -0.15) is 9.73 Å². The molecule has 0 aliphatic heterocycles. The molecule has 0 saturated heterocycles. The maximum absolute atomic E-state index is 11.2. The van der Waals surface area contributed by atoms with Crippen LogP contribution in [0.5, 0.6) is 0 Å². The number of hydrogen-bond donors (Lipinski definition) is 2. The van der Waals surface area contributed by atoms with Crippen molar-refractivity contribution in [2.75, 3.05) is 0 Å². The third-order valence-corrected chi connectivity index (χ3v) is 1.57. The van der Waals surface area contributed by atoms with Crippen molar-refractivity contribution < 1.29 is 0 Å².